The van der Waals surface area contributed by atoms with Crippen LogP contribution in [-0.4, -0.2) is 33.4 Å². The molecule has 0 N–H and O–H groups in total. The molecular weight excluding hydrogens is 342 g/mol. The Labute approximate surface area is 139 Å². The lowest BCUT2D eigenvalue weighted by atomic mass is 9.93. The molecule has 1 saturated heterocycles. The van der Waals surface area contributed by atoms with Crippen molar-refractivity contribution < 1.29 is 4.79 Å². The van der Waals surface area contributed by atoms with Crippen molar-refractivity contribution in [2.75, 3.05) is 13.1 Å². The van der Waals surface area contributed by atoms with Gasteiger partial charge < -0.3 is 9.47 Å². The van der Waals surface area contributed by atoms with Crippen molar-refractivity contribution in [1.82, 2.24) is 14.5 Å². The summed E-state index contributed by atoms with van der Waals surface area (Å²) in [6.45, 7) is 1.68. The molecule has 5 heteroatoms. The highest BCUT2D eigenvalue weighted by molar-refractivity contribution is 9.10. The summed E-state index contributed by atoms with van der Waals surface area (Å²) < 4.78 is 3.13. The van der Waals surface area contributed by atoms with Crippen LogP contribution in [0, 0.1) is 0 Å². The first-order valence-electron chi connectivity index (χ1n) is 7.62. The average Bonchev–Trinajstić information content (AvgIpc) is 2.96. The summed E-state index contributed by atoms with van der Waals surface area (Å²) in [5.41, 5.74) is 2.35. The minimum Gasteiger partial charge on any atom is -0.342 e. The fourth-order valence-corrected chi connectivity index (χ4v) is 3.34. The molecule has 22 heavy (non-hydrogen) atoms. The Morgan fingerprint density at radius 2 is 1.95 bits per heavy atom. The summed E-state index contributed by atoms with van der Waals surface area (Å²) in [5.74, 6) is 0.745. The summed E-state index contributed by atoms with van der Waals surface area (Å²) >= 11 is 3.42. The van der Waals surface area contributed by atoms with E-state index in [0.717, 1.165) is 36.0 Å². The van der Waals surface area contributed by atoms with Gasteiger partial charge in [-0.3, -0.25) is 4.79 Å². The monoisotopic (exact) mass is 361 g/mol. The second kappa shape index (κ2) is 6.65. The van der Waals surface area contributed by atoms with Crippen molar-refractivity contribution in [2.45, 2.75) is 25.2 Å². The number of rotatable bonds is 3. The lowest BCUT2D eigenvalue weighted by Gasteiger charge is -2.32. The first-order valence-corrected chi connectivity index (χ1v) is 8.41. The van der Waals surface area contributed by atoms with Crippen molar-refractivity contribution in [3.05, 3.63) is 52.5 Å². The van der Waals surface area contributed by atoms with Crippen molar-refractivity contribution >= 4 is 21.8 Å². The molecule has 1 aliphatic heterocycles. The molecule has 0 radical (unpaired) electrons. The number of likely N-dealkylation sites (tertiary alicyclic amines) is 1. The van der Waals surface area contributed by atoms with Crippen molar-refractivity contribution in [2.24, 2.45) is 7.05 Å². The van der Waals surface area contributed by atoms with E-state index < -0.39 is 0 Å². The quantitative estimate of drug-likeness (QED) is 0.842. The van der Waals surface area contributed by atoms with Gasteiger partial charge in [0.25, 0.3) is 0 Å². The van der Waals surface area contributed by atoms with Gasteiger partial charge in [-0.2, -0.15) is 0 Å². The number of hydrogen-bond acceptors (Lipinski definition) is 2. The third kappa shape index (κ3) is 3.40. The molecule has 3 rings (SSSR count). The number of aromatic nitrogens is 2. The summed E-state index contributed by atoms with van der Waals surface area (Å²) in [5, 5.41) is 0. The summed E-state index contributed by atoms with van der Waals surface area (Å²) in [7, 11) is 2.04. The fourth-order valence-electron chi connectivity index (χ4n) is 3.07. The minimum absolute atomic E-state index is 0.228. The van der Waals surface area contributed by atoms with E-state index in [0.29, 0.717) is 12.3 Å². The van der Waals surface area contributed by atoms with E-state index in [1.165, 1.54) is 5.69 Å². The molecule has 0 aliphatic carbocycles. The molecule has 2 aromatic rings. The second-order valence-electron chi connectivity index (χ2n) is 5.89. The zero-order valence-electron chi connectivity index (χ0n) is 12.7. The molecule has 4 nitrogen and oxygen atoms in total. The SMILES string of the molecule is Cn1cncc1C1CCN(C(=O)Cc2ccc(Br)cc2)CC1. The molecule has 0 saturated carbocycles. The molecule has 116 valence electrons. The van der Waals surface area contributed by atoms with E-state index in [-0.39, 0.29) is 5.91 Å². The van der Waals surface area contributed by atoms with Gasteiger partial charge in [0.1, 0.15) is 0 Å². The highest BCUT2D eigenvalue weighted by atomic mass is 79.9. The normalized spacial score (nSPS) is 16.0. The molecule has 1 amide bonds. The van der Waals surface area contributed by atoms with Crippen LogP contribution in [0.5, 0.6) is 0 Å². The number of amides is 1. The highest BCUT2D eigenvalue weighted by Gasteiger charge is 2.25. The van der Waals surface area contributed by atoms with Crippen LogP contribution < -0.4 is 0 Å². The van der Waals surface area contributed by atoms with Crippen LogP contribution in [0.25, 0.3) is 0 Å². The van der Waals surface area contributed by atoms with Crippen molar-refractivity contribution in [3.63, 3.8) is 0 Å². The lowest BCUT2D eigenvalue weighted by molar-refractivity contribution is -0.131. The Hall–Kier alpha value is -1.62. The topological polar surface area (TPSA) is 38.1 Å². The highest BCUT2D eigenvalue weighted by Crippen LogP contribution is 2.27. The Morgan fingerprint density at radius 3 is 2.55 bits per heavy atom. The van der Waals surface area contributed by atoms with Gasteiger partial charge in [0.2, 0.25) is 5.91 Å². The molecule has 0 atom stereocenters. The number of benzene rings is 1. The molecule has 2 heterocycles. The Balaban J connectivity index is 1.56. The number of carbonyl (C=O) groups is 1. The maximum atomic E-state index is 12.4. The molecule has 0 spiro atoms. The molecule has 1 aromatic heterocycles. The predicted molar refractivity (Wildman–Crippen MR) is 89.6 cm³/mol. The van der Waals surface area contributed by atoms with Gasteiger partial charge in [0.05, 0.1) is 12.7 Å². The van der Waals surface area contributed by atoms with E-state index in [1.54, 1.807) is 0 Å². The Bertz CT molecular complexity index is 642. The summed E-state index contributed by atoms with van der Waals surface area (Å²) in [6, 6.07) is 7.98. The molecule has 1 aliphatic rings. The summed E-state index contributed by atoms with van der Waals surface area (Å²) in [6.07, 6.45) is 6.32. The minimum atomic E-state index is 0.228. The maximum Gasteiger partial charge on any atom is 0.226 e. The van der Waals surface area contributed by atoms with Gasteiger partial charge in [-0.15, -0.1) is 0 Å². The third-order valence-electron chi connectivity index (χ3n) is 4.39. The van der Waals surface area contributed by atoms with Crippen LogP contribution in [0.4, 0.5) is 0 Å². The zero-order chi connectivity index (χ0) is 15.5. The molecule has 1 aromatic carbocycles. The van der Waals surface area contributed by atoms with Crippen LogP contribution >= 0.6 is 15.9 Å². The van der Waals surface area contributed by atoms with Crippen molar-refractivity contribution in [1.29, 1.82) is 0 Å². The number of imidazole rings is 1. The van der Waals surface area contributed by atoms with Crippen LogP contribution in [0.15, 0.2) is 41.3 Å². The van der Waals surface area contributed by atoms with Crippen LogP contribution in [0.2, 0.25) is 0 Å². The van der Waals surface area contributed by atoms with E-state index in [2.05, 4.69) is 25.5 Å². The first kappa shape index (κ1) is 15.3. The Kier molecular flexibility index (Phi) is 4.62. The predicted octanol–water partition coefficient (Wildman–Crippen LogP) is 3.13. The summed E-state index contributed by atoms with van der Waals surface area (Å²) in [4.78, 5) is 18.6. The number of nitrogens with zero attached hydrogens (tertiary/aromatic N) is 3. The van der Waals surface area contributed by atoms with Gasteiger partial charge in [0, 0.05) is 42.4 Å². The molecule has 1 fully saturated rings. The third-order valence-corrected chi connectivity index (χ3v) is 4.92. The molecule has 0 bridgehead atoms. The van der Waals surface area contributed by atoms with Gasteiger partial charge in [0.15, 0.2) is 0 Å². The number of hydrogen-bond donors (Lipinski definition) is 0. The Morgan fingerprint density at radius 1 is 1.27 bits per heavy atom. The maximum absolute atomic E-state index is 12.4. The van der Waals surface area contributed by atoms with E-state index in [1.807, 2.05) is 48.7 Å². The first-order chi connectivity index (χ1) is 10.6. The van der Waals surface area contributed by atoms with Gasteiger partial charge in [-0.05, 0) is 30.5 Å². The average molecular weight is 362 g/mol. The molecular formula is C17H20BrN3O. The number of halogens is 1. The smallest absolute Gasteiger partial charge is 0.226 e. The standard InChI is InChI=1S/C17H20BrN3O/c1-20-12-19-11-16(20)14-6-8-21(9-7-14)17(22)10-13-2-4-15(18)5-3-13/h2-5,11-12,14H,6-10H2,1H3. The molecule has 0 unspecified atom stereocenters. The van der Waals surface area contributed by atoms with Crippen LogP contribution in [0.3, 0.4) is 0 Å². The van der Waals surface area contributed by atoms with Crippen LogP contribution in [0.1, 0.15) is 30.0 Å². The van der Waals surface area contributed by atoms with Gasteiger partial charge in [-0.25, -0.2) is 4.98 Å². The van der Waals surface area contributed by atoms with E-state index in [9.17, 15) is 4.79 Å². The van der Waals surface area contributed by atoms with E-state index in [4.69, 9.17) is 0 Å². The van der Waals surface area contributed by atoms with Crippen molar-refractivity contribution in [3.8, 4) is 0 Å². The van der Waals surface area contributed by atoms with Gasteiger partial charge in [-0.1, -0.05) is 28.1 Å². The van der Waals surface area contributed by atoms with Gasteiger partial charge >= 0.3 is 0 Å². The zero-order valence-corrected chi connectivity index (χ0v) is 14.3. The number of aryl methyl sites for hydroxylation is 1. The second-order valence-corrected chi connectivity index (χ2v) is 6.80. The number of carbonyl (C=O) groups excluding carboxylic acids is 1. The van der Waals surface area contributed by atoms with E-state index >= 15 is 0 Å². The van der Waals surface area contributed by atoms with Crippen LogP contribution in [-0.2, 0) is 18.3 Å². The number of piperidine rings is 1. The fraction of sp³-hybridized carbons (Fsp3) is 0.412. The lowest BCUT2D eigenvalue weighted by Crippen LogP contribution is -2.39. The largest absolute Gasteiger partial charge is 0.342 e.